The number of esters is 2. The smallest absolute Gasteiger partial charge is 0.305 e. The van der Waals surface area contributed by atoms with Crippen LogP contribution in [0.1, 0.15) is 33.1 Å². The van der Waals surface area contributed by atoms with Gasteiger partial charge in [0, 0.05) is 12.8 Å². The monoisotopic (exact) mass is 284 g/mol. The quantitative estimate of drug-likeness (QED) is 0.508. The first-order valence-corrected chi connectivity index (χ1v) is 6.38. The highest BCUT2D eigenvalue weighted by Crippen LogP contribution is 2.05. The molecule has 6 heteroatoms. The minimum atomic E-state index is -0.713. The molecule has 0 spiro atoms. The molecule has 0 aromatic carbocycles. The fourth-order valence-corrected chi connectivity index (χ4v) is 1.06. The molecule has 0 aliphatic rings. The lowest BCUT2D eigenvalue weighted by Gasteiger charge is -2.07. The number of hydrogen-bond acceptors (Lipinski definition) is 4. The van der Waals surface area contributed by atoms with E-state index < -0.39 is 10.8 Å². The summed E-state index contributed by atoms with van der Waals surface area (Å²) in [5.74, 6) is -0.389. The Labute approximate surface area is 112 Å². The number of alkyl halides is 2. The summed E-state index contributed by atoms with van der Waals surface area (Å²) in [4.78, 5) is 21.6. The summed E-state index contributed by atoms with van der Waals surface area (Å²) in [6.45, 7) is 4.29. The van der Waals surface area contributed by atoms with Crippen molar-refractivity contribution in [2.24, 2.45) is 5.92 Å². The molecule has 0 radical (unpaired) electrons. The molecular formula is C11H18Cl2O4. The number of ether oxygens (including phenoxy) is 2. The van der Waals surface area contributed by atoms with Gasteiger partial charge in [0.15, 0.2) is 0 Å². The van der Waals surface area contributed by atoms with E-state index in [-0.39, 0.29) is 25.4 Å². The van der Waals surface area contributed by atoms with Crippen molar-refractivity contribution in [1.29, 1.82) is 0 Å². The van der Waals surface area contributed by atoms with Crippen LogP contribution in [0.3, 0.4) is 0 Å². The summed E-state index contributed by atoms with van der Waals surface area (Å²) in [5.41, 5.74) is 0. The first-order chi connectivity index (χ1) is 7.91. The van der Waals surface area contributed by atoms with Crippen LogP contribution in [0.2, 0.25) is 0 Å². The Morgan fingerprint density at radius 3 is 1.88 bits per heavy atom. The van der Waals surface area contributed by atoms with Crippen molar-refractivity contribution in [1.82, 2.24) is 0 Å². The van der Waals surface area contributed by atoms with Crippen LogP contribution in [0.15, 0.2) is 0 Å². The third-order valence-corrected chi connectivity index (χ3v) is 1.96. The van der Waals surface area contributed by atoms with E-state index in [1.165, 1.54) is 0 Å². The van der Waals surface area contributed by atoms with Gasteiger partial charge in [-0.3, -0.25) is 9.59 Å². The summed E-state index contributed by atoms with van der Waals surface area (Å²) in [6, 6.07) is 0. The van der Waals surface area contributed by atoms with Crippen molar-refractivity contribution in [2.45, 2.75) is 37.9 Å². The summed E-state index contributed by atoms with van der Waals surface area (Å²) < 4.78 is 9.68. The lowest BCUT2D eigenvalue weighted by Crippen LogP contribution is -2.12. The number of halogens is 2. The van der Waals surface area contributed by atoms with Gasteiger partial charge in [0.05, 0.1) is 6.61 Å². The summed E-state index contributed by atoms with van der Waals surface area (Å²) in [6.07, 6.45) is 0.787. The summed E-state index contributed by atoms with van der Waals surface area (Å²) in [7, 11) is 0. The molecule has 100 valence electrons. The van der Waals surface area contributed by atoms with Crippen LogP contribution >= 0.6 is 23.2 Å². The molecule has 0 rings (SSSR count). The highest BCUT2D eigenvalue weighted by Gasteiger charge is 2.09. The number of rotatable bonds is 8. The number of carbonyl (C=O) groups is 2. The van der Waals surface area contributed by atoms with Gasteiger partial charge in [0.2, 0.25) is 0 Å². The van der Waals surface area contributed by atoms with E-state index in [0.29, 0.717) is 18.9 Å². The highest BCUT2D eigenvalue weighted by molar-refractivity contribution is 6.44. The van der Waals surface area contributed by atoms with Gasteiger partial charge in [-0.15, -0.1) is 23.2 Å². The molecule has 0 bridgehead atoms. The zero-order valence-electron chi connectivity index (χ0n) is 10.1. The zero-order valence-corrected chi connectivity index (χ0v) is 11.6. The Bertz CT molecular complexity index is 218. The van der Waals surface area contributed by atoms with Crippen molar-refractivity contribution in [3.63, 3.8) is 0 Å². The van der Waals surface area contributed by atoms with Crippen LogP contribution < -0.4 is 0 Å². The second-order valence-electron chi connectivity index (χ2n) is 4.00. The van der Waals surface area contributed by atoms with E-state index in [4.69, 9.17) is 32.7 Å². The fraction of sp³-hybridized carbons (Fsp3) is 0.818. The SMILES string of the molecule is CC(C)COC(=O)CCCC(=O)OCC(Cl)Cl. The van der Waals surface area contributed by atoms with Crippen molar-refractivity contribution in [2.75, 3.05) is 13.2 Å². The molecule has 0 heterocycles. The van der Waals surface area contributed by atoms with Crippen LogP contribution in [0, 0.1) is 5.92 Å². The Morgan fingerprint density at radius 1 is 1.00 bits per heavy atom. The molecule has 0 aromatic rings. The number of carbonyl (C=O) groups excluding carboxylic acids is 2. The van der Waals surface area contributed by atoms with Crippen molar-refractivity contribution in [3.8, 4) is 0 Å². The second-order valence-corrected chi connectivity index (χ2v) is 5.28. The molecule has 0 aromatic heterocycles. The fourth-order valence-electron chi connectivity index (χ4n) is 0.937. The predicted octanol–water partition coefficient (Wildman–Crippen LogP) is 2.70. The summed E-state index contributed by atoms with van der Waals surface area (Å²) >= 11 is 10.8. The average molecular weight is 285 g/mol. The molecule has 0 fully saturated rings. The summed E-state index contributed by atoms with van der Waals surface area (Å²) in [5, 5.41) is 0. The molecule has 0 amide bonds. The lowest BCUT2D eigenvalue weighted by atomic mass is 10.2. The Morgan fingerprint density at radius 2 is 1.47 bits per heavy atom. The van der Waals surface area contributed by atoms with Gasteiger partial charge in [-0.25, -0.2) is 0 Å². The van der Waals surface area contributed by atoms with Gasteiger partial charge in [-0.1, -0.05) is 13.8 Å². The van der Waals surface area contributed by atoms with E-state index in [9.17, 15) is 9.59 Å². The molecule has 4 nitrogen and oxygen atoms in total. The average Bonchev–Trinajstić information content (AvgIpc) is 2.23. The molecule has 0 aliphatic carbocycles. The minimum Gasteiger partial charge on any atom is -0.465 e. The van der Waals surface area contributed by atoms with Crippen LogP contribution in [-0.2, 0) is 19.1 Å². The topological polar surface area (TPSA) is 52.6 Å². The Kier molecular flexibility index (Phi) is 9.27. The van der Waals surface area contributed by atoms with Crippen LogP contribution in [0.5, 0.6) is 0 Å². The maximum atomic E-state index is 11.2. The molecule has 0 N–H and O–H groups in total. The van der Waals surface area contributed by atoms with Crippen LogP contribution in [0.25, 0.3) is 0 Å². The lowest BCUT2D eigenvalue weighted by molar-refractivity contribution is -0.146. The van der Waals surface area contributed by atoms with Crippen LogP contribution in [-0.4, -0.2) is 30.0 Å². The van der Waals surface area contributed by atoms with Gasteiger partial charge in [0.1, 0.15) is 11.4 Å². The van der Waals surface area contributed by atoms with Crippen molar-refractivity contribution < 1.29 is 19.1 Å². The number of hydrogen-bond donors (Lipinski definition) is 0. The van der Waals surface area contributed by atoms with Gasteiger partial charge >= 0.3 is 11.9 Å². The molecule has 0 atom stereocenters. The standard InChI is InChI=1S/C11H18Cl2O4/c1-8(2)6-16-10(14)4-3-5-11(15)17-7-9(12)13/h8-9H,3-7H2,1-2H3. The second kappa shape index (κ2) is 9.54. The molecule has 0 saturated heterocycles. The van der Waals surface area contributed by atoms with E-state index in [2.05, 4.69) is 0 Å². The normalized spacial score (nSPS) is 10.7. The zero-order chi connectivity index (χ0) is 13.3. The van der Waals surface area contributed by atoms with E-state index in [1.54, 1.807) is 0 Å². The van der Waals surface area contributed by atoms with Gasteiger partial charge in [-0.2, -0.15) is 0 Å². The van der Waals surface area contributed by atoms with E-state index in [1.807, 2.05) is 13.8 Å². The first-order valence-electron chi connectivity index (χ1n) is 5.51. The third-order valence-electron chi connectivity index (χ3n) is 1.71. The molecule has 0 aliphatic heterocycles. The molecular weight excluding hydrogens is 267 g/mol. The molecule has 17 heavy (non-hydrogen) atoms. The van der Waals surface area contributed by atoms with Crippen LogP contribution in [0.4, 0.5) is 0 Å². The maximum absolute atomic E-state index is 11.2. The Hall–Kier alpha value is -0.480. The maximum Gasteiger partial charge on any atom is 0.305 e. The molecule has 0 saturated carbocycles. The van der Waals surface area contributed by atoms with E-state index >= 15 is 0 Å². The van der Waals surface area contributed by atoms with Crippen molar-refractivity contribution in [3.05, 3.63) is 0 Å². The van der Waals surface area contributed by atoms with Gasteiger partial charge < -0.3 is 9.47 Å². The van der Waals surface area contributed by atoms with Crippen molar-refractivity contribution >= 4 is 35.1 Å². The highest BCUT2D eigenvalue weighted by atomic mass is 35.5. The largest absolute Gasteiger partial charge is 0.465 e. The third kappa shape index (κ3) is 11.8. The molecule has 0 unspecified atom stereocenters. The van der Waals surface area contributed by atoms with Gasteiger partial charge in [-0.05, 0) is 12.3 Å². The van der Waals surface area contributed by atoms with Gasteiger partial charge in [0.25, 0.3) is 0 Å². The van der Waals surface area contributed by atoms with E-state index in [0.717, 1.165) is 0 Å². The minimum absolute atomic E-state index is 0.0280. The first kappa shape index (κ1) is 16.5. The predicted molar refractivity (Wildman–Crippen MR) is 66.1 cm³/mol. The Balaban J connectivity index is 3.49.